The van der Waals surface area contributed by atoms with Crippen LogP contribution in [0.3, 0.4) is 0 Å². The molecule has 0 bridgehead atoms. The highest BCUT2D eigenvalue weighted by atomic mass is 32.2. The number of nitrogens with one attached hydrogen (secondary N) is 2. The third-order valence-electron chi connectivity index (χ3n) is 2.30. The summed E-state index contributed by atoms with van der Waals surface area (Å²) in [6, 6.07) is 0. The van der Waals surface area contributed by atoms with Gasteiger partial charge in [0.1, 0.15) is 0 Å². The number of piperidine rings is 1. The first-order valence-electron chi connectivity index (χ1n) is 4.80. The van der Waals surface area contributed by atoms with Crippen LogP contribution in [0.4, 0.5) is 0 Å². The lowest BCUT2D eigenvalue weighted by atomic mass is 9.99. The van der Waals surface area contributed by atoms with Gasteiger partial charge < -0.3 is 5.32 Å². The Labute approximate surface area is 84.3 Å². The van der Waals surface area contributed by atoms with Crippen molar-refractivity contribution in [1.82, 2.24) is 10.0 Å². The number of hydrogen-bond acceptors (Lipinski definition) is 4. The molecule has 14 heavy (non-hydrogen) atoms. The lowest BCUT2D eigenvalue weighted by Crippen LogP contribution is -2.43. The fraction of sp³-hybridized carbons (Fsp3) is 0.875. The van der Waals surface area contributed by atoms with Gasteiger partial charge in [-0.3, -0.25) is 9.52 Å². The van der Waals surface area contributed by atoms with Gasteiger partial charge >= 0.3 is 0 Å². The molecule has 1 aliphatic rings. The van der Waals surface area contributed by atoms with E-state index in [1.165, 1.54) is 6.92 Å². The normalized spacial score (nSPS) is 23.1. The van der Waals surface area contributed by atoms with E-state index in [0.717, 1.165) is 19.4 Å². The van der Waals surface area contributed by atoms with Crippen molar-refractivity contribution < 1.29 is 13.2 Å². The molecule has 1 saturated heterocycles. The first-order chi connectivity index (χ1) is 6.55. The van der Waals surface area contributed by atoms with Gasteiger partial charge in [-0.2, -0.15) is 0 Å². The van der Waals surface area contributed by atoms with Gasteiger partial charge in [0.15, 0.2) is 0 Å². The second kappa shape index (κ2) is 4.75. The summed E-state index contributed by atoms with van der Waals surface area (Å²) >= 11 is 0. The molecule has 0 radical (unpaired) electrons. The number of hydrogen-bond donors (Lipinski definition) is 2. The summed E-state index contributed by atoms with van der Waals surface area (Å²) < 4.78 is 24.3. The van der Waals surface area contributed by atoms with Gasteiger partial charge in [0.25, 0.3) is 0 Å². The predicted molar refractivity (Wildman–Crippen MR) is 53.2 cm³/mol. The predicted octanol–water partition coefficient (Wildman–Crippen LogP) is -0.548. The quantitative estimate of drug-likeness (QED) is 0.669. The summed E-state index contributed by atoms with van der Waals surface area (Å²) in [6.45, 7) is 2.99. The molecule has 1 fully saturated rings. The maximum absolute atomic E-state index is 11.4. The van der Waals surface area contributed by atoms with Crippen LogP contribution in [-0.2, 0) is 14.8 Å². The molecule has 0 aliphatic carbocycles. The zero-order chi connectivity index (χ0) is 10.6. The molecule has 6 heteroatoms. The van der Waals surface area contributed by atoms with Crippen LogP contribution in [0, 0.1) is 5.92 Å². The monoisotopic (exact) mass is 220 g/mol. The van der Waals surface area contributed by atoms with Crippen LogP contribution in [0.2, 0.25) is 0 Å². The van der Waals surface area contributed by atoms with E-state index in [9.17, 15) is 13.2 Å². The van der Waals surface area contributed by atoms with Crippen molar-refractivity contribution in [3.63, 3.8) is 0 Å². The van der Waals surface area contributed by atoms with E-state index in [2.05, 4.69) is 10.0 Å². The molecule has 2 N–H and O–H groups in total. The summed E-state index contributed by atoms with van der Waals surface area (Å²) in [4.78, 5) is 11.4. The Hall–Kier alpha value is -0.620. The molecular formula is C8H16N2O3S. The standard InChI is InChI=1S/C8H16N2O3S/c1-2-14(12,13)10-8(11)7-4-3-5-9-6-7/h7,9H,2-6H2,1H3,(H,10,11)/t7-/m0/s1. The zero-order valence-electron chi connectivity index (χ0n) is 8.25. The highest BCUT2D eigenvalue weighted by Gasteiger charge is 2.23. The Morgan fingerprint density at radius 1 is 1.57 bits per heavy atom. The Morgan fingerprint density at radius 3 is 2.79 bits per heavy atom. The van der Waals surface area contributed by atoms with Gasteiger partial charge in [0.2, 0.25) is 15.9 Å². The first-order valence-corrected chi connectivity index (χ1v) is 6.45. The van der Waals surface area contributed by atoms with Gasteiger partial charge in [-0.1, -0.05) is 0 Å². The molecular weight excluding hydrogens is 204 g/mol. The molecule has 1 amide bonds. The van der Waals surface area contributed by atoms with E-state index < -0.39 is 10.0 Å². The van der Waals surface area contributed by atoms with Gasteiger partial charge in [0, 0.05) is 6.54 Å². The molecule has 5 nitrogen and oxygen atoms in total. The molecule has 0 aromatic heterocycles. The topological polar surface area (TPSA) is 75.3 Å². The lowest BCUT2D eigenvalue weighted by molar-refractivity contribution is -0.123. The van der Waals surface area contributed by atoms with E-state index in [4.69, 9.17) is 0 Å². The number of amides is 1. The van der Waals surface area contributed by atoms with E-state index in [-0.39, 0.29) is 17.6 Å². The van der Waals surface area contributed by atoms with Crippen LogP contribution >= 0.6 is 0 Å². The zero-order valence-corrected chi connectivity index (χ0v) is 9.06. The maximum atomic E-state index is 11.4. The van der Waals surface area contributed by atoms with Crippen LogP contribution in [0.5, 0.6) is 0 Å². The molecule has 1 heterocycles. The molecule has 0 aromatic rings. The lowest BCUT2D eigenvalue weighted by Gasteiger charge is -2.21. The van der Waals surface area contributed by atoms with Crippen LogP contribution < -0.4 is 10.0 Å². The minimum Gasteiger partial charge on any atom is -0.316 e. The van der Waals surface area contributed by atoms with Gasteiger partial charge in [-0.25, -0.2) is 8.42 Å². The number of carbonyl (C=O) groups excluding carboxylic acids is 1. The Morgan fingerprint density at radius 2 is 2.29 bits per heavy atom. The summed E-state index contributed by atoms with van der Waals surface area (Å²) in [6.07, 6.45) is 1.68. The number of sulfonamides is 1. The molecule has 0 spiro atoms. The third kappa shape index (κ3) is 3.26. The van der Waals surface area contributed by atoms with E-state index >= 15 is 0 Å². The Bertz CT molecular complexity index is 294. The summed E-state index contributed by atoms with van der Waals surface area (Å²) in [7, 11) is -3.40. The minimum absolute atomic E-state index is 0.0567. The highest BCUT2D eigenvalue weighted by Crippen LogP contribution is 2.09. The second-order valence-electron chi connectivity index (χ2n) is 3.41. The molecule has 1 atom stereocenters. The largest absolute Gasteiger partial charge is 0.316 e. The number of rotatable bonds is 3. The van der Waals surface area contributed by atoms with Gasteiger partial charge in [-0.05, 0) is 26.3 Å². The van der Waals surface area contributed by atoms with Crippen molar-refractivity contribution in [2.45, 2.75) is 19.8 Å². The Kier molecular flexibility index (Phi) is 3.88. The Balaban J connectivity index is 2.49. The molecule has 1 rings (SSSR count). The van der Waals surface area contributed by atoms with Crippen LogP contribution in [0.15, 0.2) is 0 Å². The van der Waals surface area contributed by atoms with Crippen molar-refractivity contribution in [2.75, 3.05) is 18.8 Å². The first kappa shape index (κ1) is 11.5. The van der Waals surface area contributed by atoms with Crippen molar-refractivity contribution in [3.8, 4) is 0 Å². The van der Waals surface area contributed by atoms with Crippen LogP contribution in [0.1, 0.15) is 19.8 Å². The van der Waals surface area contributed by atoms with Gasteiger partial charge in [0.05, 0.1) is 11.7 Å². The second-order valence-corrected chi connectivity index (χ2v) is 5.42. The van der Waals surface area contributed by atoms with Crippen molar-refractivity contribution in [1.29, 1.82) is 0 Å². The van der Waals surface area contributed by atoms with Crippen molar-refractivity contribution in [3.05, 3.63) is 0 Å². The maximum Gasteiger partial charge on any atom is 0.237 e. The van der Waals surface area contributed by atoms with Gasteiger partial charge in [-0.15, -0.1) is 0 Å². The van der Waals surface area contributed by atoms with Crippen LogP contribution in [0.25, 0.3) is 0 Å². The average Bonchev–Trinajstić information content (AvgIpc) is 2.19. The molecule has 1 aliphatic heterocycles. The summed E-state index contributed by atoms with van der Waals surface area (Å²) in [5.74, 6) is -0.636. The fourth-order valence-electron chi connectivity index (χ4n) is 1.38. The molecule has 0 unspecified atom stereocenters. The van der Waals surface area contributed by atoms with Crippen LogP contribution in [-0.4, -0.2) is 33.2 Å². The minimum atomic E-state index is -3.40. The smallest absolute Gasteiger partial charge is 0.237 e. The summed E-state index contributed by atoms with van der Waals surface area (Å²) in [5, 5.41) is 3.06. The van der Waals surface area contributed by atoms with E-state index in [1.807, 2.05) is 0 Å². The highest BCUT2D eigenvalue weighted by molar-refractivity contribution is 7.90. The molecule has 0 aromatic carbocycles. The van der Waals surface area contributed by atoms with E-state index in [1.54, 1.807) is 0 Å². The van der Waals surface area contributed by atoms with E-state index in [0.29, 0.717) is 6.54 Å². The average molecular weight is 220 g/mol. The fourth-order valence-corrected chi connectivity index (χ4v) is 2.00. The van der Waals surface area contributed by atoms with Crippen molar-refractivity contribution in [2.24, 2.45) is 5.92 Å². The third-order valence-corrected chi connectivity index (χ3v) is 3.58. The van der Waals surface area contributed by atoms with Crippen molar-refractivity contribution >= 4 is 15.9 Å². The molecule has 82 valence electrons. The SMILES string of the molecule is CCS(=O)(=O)NC(=O)[C@H]1CCCNC1. The number of carbonyl (C=O) groups is 1. The molecule has 0 saturated carbocycles. The summed E-state index contributed by atoms with van der Waals surface area (Å²) in [5.41, 5.74) is 0.